The molecular formula is C23H28N2OS. The van der Waals surface area contributed by atoms with Crippen LogP contribution >= 0.6 is 11.8 Å². The molecule has 0 radical (unpaired) electrons. The fourth-order valence-electron chi connectivity index (χ4n) is 4.23. The normalized spacial score (nSPS) is 20.4. The lowest BCUT2D eigenvalue weighted by Gasteiger charge is -2.37. The molecule has 2 aromatic rings. The maximum Gasteiger partial charge on any atom is 0.242 e. The van der Waals surface area contributed by atoms with Crippen LogP contribution in [0.4, 0.5) is 5.69 Å². The maximum atomic E-state index is 12.9. The first kappa shape index (κ1) is 18.4. The van der Waals surface area contributed by atoms with Gasteiger partial charge in [-0.05, 0) is 42.9 Å². The van der Waals surface area contributed by atoms with Gasteiger partial charge in [-0.25, -0.2) is 0 Å². The highest BCUT2D eigenvalue weighted by molar-refractivity contribution is 8.00. The van der Waals surface area contributed by atoms with E-state index in [0.717, 1.165) is 38.9 Å². The minimum atomic E-state index is 0.280. The molecule has 1 atom stereocenters. The summed E-state index contributed by atoms with van der Waals surface area (Å²) in [7, 11) is 0. The number of piperidine rings is 1. The van der Waals surface area contributed by atoms with Crippen LogP contribution in [0.3, 0.4) is 0 Å². The number of nitrogens with zero attached hydrogens (tertiary/aromatic N) is 2. The van der Waals surface area contributed by atoms with Crippen molar-refractivity contribution in [1.82, 2.24) is 4.90 Å². The predicted molar refractivity (Wildman–Crippen MR) is 113 cm³/mol. The second kappa shape index (κ2) is 8.39. The van der Waals surface area contributed by atoms with Gasteiger partial charge in [-0.1, -0.05) is 49.4 Å². The quantitative estimate of drug-likeness (QED) is 0.782. The first-order valence-electron chi connectivity index (χ1n) is 10.0. The molecule has 2 aromatic carbocycles. The zero-order valence-corrected chi connectivity index (χ0v) is 16.8. The van der Waals surface area contributed by atoms with Gasteiger partial charge in [0.15, 0.2) is 0 Å². The van der Waals surface area contributed by atoms with Gasteiger partial charge in [-0.15, -0.1) is 11.8 Å². The summed E-state index contributed by atoms with van der Waals surface area (Å²) in [5.41, 5.74) is 2.63. The van der Waals surface area contributed by atoms with Crippen LogP contribution in [0, 0.1) is 5.92 Å². The Labute approximate surface area is 166 Å². The van der Waals surface area contributed by atoms with E-state index in [9.17, 15) is 4.79 Å². The molecule has 27 heavy (non-hydrogen) atoms. The van der Waals surface area contributed by atoms with E-state index in [-0.39, 0.29) is 5.91 Å². The Morgan fingerprint density at radius 3 is 2.52 bits per heavy atom. The zero-order valence-electron chi connectivity index (χ0n) is 16.0. The number of likely N-dealkylation sites (tertiary alicyclic amines) is 1. The summed E-state index contributed by atoms with van der Waals surface area (Å²) < 4.78 is 0. The summed E-state index contributed by atoms with van der Waals surface area (Å²) in [6.07, 6.45) is 3.37. The Morgan fingerprint density at radius 2 is 1.74 bits per heavy atom. The topological polar surface area (TPSA) is 23.6 Å². The molecule has 0 N–H and O–H groups in total. The highest BCUT2D eigenvalue weighted by atomic mass is 32.2. The third kappa shape index (κ3) is 4.49. The van der Waals surface area contributed by atoms with Crippen LogP contribution in [-0.2, 0) is 11.2 Å². The van der Waals surface area contributed by atoms with Gasteiger partial charge in [0.2, 0.25) is 5.91 Å². The molecule has 0 aromatic heterocycles. The molecule has 4 rings (SSSR count). The van der Waals surface area contributed by atoms with Crippen molar-refractivity contribution in [2.24, 2.45) is 5.92 Å². The van der Waals surface area contributed by atoms with Crippen LogP contribution in [0.5, 0.6) is 0 Å². The van der Waals surface area contributed by atoms with Crippen molar-refractivity contribution in [2.45, 2.75) is 36.3 Å². The lowest BCUT2D eigenvalue weighted by atomic mass is 9.90. The summed E-state index contributed by atoms with van der Waals surface area (Å²) in [5.74, 6) is 0.977. The fraction of sp³-hybridized carbons (Fsp3) is 0.435. The lowest BCUT2D eigenvalue weighted by molar-refractivity contribution is -0.131. The van der Waals surface area contributed by atoms with Gasteiger partial charge in [0, 0.05) is 29.8 Å². The van der Waals surface area contributed by atoms with Crippen LogP contribution in [0.25, 0.3) is 0 Å². The number of amides is 1. The van der Waals surface area contributed by atoms with Gasteiger partial charge in [-0.3, -0.25) is 4.79 Å². The number of thioether (sulfide) groups is 1. The van der Waals surface area contributed by atoms with Crippen molar-refractivity contribution in [3.8, 4) is 0 Å². The van der Waals surface area contributed by atoms with Crippen molar-refractivity contribution < 1.29 is 4.79 Å². The van der Waals surface area contributed by atoms with Gasteiger partial charge < -0.3 is 9.80 Å². The largest absolute Gasteiger partial charge is 0.360 e. The number of hydrogen-bond donors (Lipinski definition) is 0. The Morgan fingerprint density at radius 1 is 1.04 bits per heavy atom. The molecule has 2 aliphatic rings. The SMILES string of the molecule is CC1CN(CC(=O)N2CCC(Cc3ccccc3)CC2)c2ccccc2S1. The minimum Gasteiger partial charge on any atom is -0.360 e. The number of carbonyl (C=O) groups is 1. The van der Waals surface area contributed by atoms with Crippen molar-refractivity contribution in [1.29, 1.82) is 0 Å². The molecule has 0 aliphatic carbocycles. The van der Waals surface area contributed by atoms with E-state index < -0.39 is 0 Å². The summed E-state index contributed by atoms with van der Waals surface area (Å²) in [6, 6.07) is 19.2. The standard InChI is InChI=1S/C23H28N2OS/c1-18-16-25(21-9-5-6-10-22(21)27-18)17-23(26)24-13-11-20(12-14-24)15-19-7-3-2-4-8-19/h2-10,18,20H,11-17H2,1H3. The molecule has 3 nitrogen and oxygen atoms in total. The number of para-hydroxylation sites is 1. The third-order valence-corrected chi connectivity index (χ3v) is 6.82. The average molecular weight is 381 g/mol. The zero-order chi connectivity index (χ0) is 18.6. The van der Waals surface area contributed by atoms with Gasteiger partial charge in [0.1, 0.15) is 0 Å². The molecule has 1 fully saturated rings. The van der Waals surface area contributed by atoms with Crippen molar-refractivity contribution >= 4 is 23.4 Å². The van der Waals surface area contributed by atoms with Gasteiger partial charge in [-0.2, -0.15) is 0 Å². The van der Waals surface area contributed by atoms with Crippen LogP contribution in [0.1, 0.15) is 25.3 Å². The van der Waals surface area contributed by atoms with Crippen LogP contribution in [0.15, 0.2) is 59.5 Å². The first-order valence-corrected chi connectivity index (χ1v) is 10.9. The Balaban J connectivity index is 1.32. The molecule has 2 heterocycles. The third-order valence-electron chi connectivity index (χ3n) is 5.67. The molecule has 0 spiro atoms. The number of benzene rings is 2. The van der Waals surface area contributed by atoms with Crippen molar-refractivity contribution in [2.75, 3.05) is 31.1 Å². The molecule has 1 saturated heterocycles. The molecule has 4 heteroatoms. The fourth-order valence-corrected chi connectivity index (χ4v) is 5.39. The average Bonchev–Trinajstić information content (AvgIpc) is 2.69. The van der Waals surface area contributed by atoms with Crippen molar-refractivity contribution in [3.05, 3.63) is 60.2 Å². The second-order valence-corrected chi connectivity index (χ2v) is 9.27. The highest BCUT2D eigenvalue weighted by Crippen LogP contribution is 2.38. The predicted octanol–water partition coefficient (Wildman–Crippen LogP) is 4.47. The summed E-state index contributed by atoms with van der Waals surface area (Å²) >= 11 is 1.91. The van der Waals surface area contributed by atoms with E-state index in [1.54, 1.807) is 0 Å². The van der Waals surface area contributed by atoms with Crippen molar-refractivity contribution in [3.63, 3.8) is 0 Å². The molecule has 1 amide bonds. The lowest BCUT2D eigenvalue weighted by Crippen LogP contribution is -2.46. The van der Waals surface area contributed by atoms with E-state index >= 15 is 0 Å². The molecule has 1 unspecified atom stereocenters. The number of anilines is 1. The van der Waals surface area contributed by atoms with E-state index in [1.165, 1.54) is 16.1 Å². The summed E-state index contributed by atoms with van der Waals surface area (Å²) in [6.45, 7) is 5.49. The molecule has 142 valence electrons. The van der Waals surface area contributed by atoms with E-state index in [2.05, 4.69) is 71.3 Å². The van der Waals surface area contributed by atoms with Crippen LogP contribution in [-0.4, -0.2) is 42.2 Å². The van der Waals surface area contributed by atoms with E-state index in [4.69, 9.17) is 0 Å². The van der Waals surface area contributed by atoms with Crippen LogP contribution < -0.4 is 4.90 Å². The Bertz CT molecular complexity index is 771. The van der Waals surface area contributed by atoms with Gasteiger partial charge >= 0.3 is 0 Å². The van der Waals surface area contributed by atoms with Gasteiger partial charge in [0.05, 0.1) is 12.2 Å². The Hall–Kier alpha value is -1.94. The minimum absolute atomic E-state index is 0.280. The molecule has 0 saturated carbocycles. The van der Waals surface area contributed by atoms with E-state index in [0.29, 0.717) is 17.7 Å². The summed E-state index contributed by atoms with van der Waals surface area (Å²) in [5, 5.41) is 0.518. The highest BCUT2D eigenvalue weighted by Gasteiger charge is 2.27. The number of rotatable bonds is 4. The number of carbonyl (C=O) groups excluding carboxylic acids is 1. The summed E-state index contributed by atoms with van der Waals surface area (Å²) in [4.78, 5) is 18.6. The molecular weight excluding hydrogens is 352 g/mol. The second-order valence-electron chi connectivity index (χ2n) is 7.79. The van der Waals surface area contributed by atoms with Gasteiger partial charge in [0.25, 0.3) is 0 Å². The monoisotopic (exact) mass is 380 g/mol. The number of hydrogen-bond acceptors (Lipinski definition) is 3. The molecule has 0 bridgehead atoms. The van der Waals surface area contributed by atoms with E-state index in [1.807, 2.05) is 11.8 Å². The number of fused-ring (bicyclic) bond motifs is 1. The first-order chi connectivity index (χ1) is 13.2. The van der Waals surface area contributed by atoms with Crippen LogP contribution in [0.2, 0.25) is 0 Å². The molecule has 2 aliphatic heterocycles. The Kier molecular flexibility index (Phi) is 5.72. The smallest absolute Gasteiger partial charge is 0.242 e. The maximum absolute atomic E-state index is 12.9.